The number of aromatic nitrogens is 1. The van der Waals surface area contributed by atoms with Crippen molar-refractivity contribution in [2.45, 2.75) is 20.4 Å². The molecule has 0 spiro atoms. The molecule has 0 saturated heterocycles. The van der Waals surface area contributed by atoms with Crippen molar-refractivity contribution in [3.8, 4) is 0 Å². The Morgan fingerprint density at radius 2 is 1.95 bits per heavy atom. The number of hydrogen-bond acceptors (Lipinski definition) is 2. The molecule has 0 unspecified atom stereocenters. The summed E-state index contributed by atoms with van der Waals surface area (Å²) < 4.78 is 3.15. The van der Waals surface area contributed by atoms with Crippen LogP contribution < -0.4 is 0 Å². The Kier molecular flexibility index (Phi) is 3.52. The normalized spacial score (nSPS) is 11.2. The van der Waals surface area contributed by atoms with Gasteiger partial charge in [-0.1, -0.05) is 18.2 Å². The molecular formula is C16H14BrNOS. The van der Waals surface area contributed by atoms with Crippen molar-refractivity contribution >= 4 is 44.0 Å². The monoisotopic (exact) mass is 347 g/mol. The molecule has 0 atom stereocenters. The minimum absolute atomic E-state index is 0.166. The van der Waals surface area contributed by atoms with Crippen LogP contribution in [0.15, 0.2) is 40.9 Å². The summed E-state index contributed by atoms with van der Waals surface area (Å²) in [6.45, 7) is 4.45. The number of carbonyl (C=O) groups is 1. The first-order valence-electron chi connectivity index (χ1n) is 6.41. The molecule has 4 heteroatoms. The van der Waals surface area contributed by atoms with E-state index >= 15 is 0 Å². The fourth-order valence-electron chi connectivity index (χ4n) is 2.40. The highest BCUT2D eigenvalue weighted by molar-refractivity contribution is 9.10. The van der Waals surface area contributed by atoms with E-state index in [0.717, 1.165) is 25.9 Å². The predicted molar refractivity (Wildman–Crippen MR) is 87.8 cm³/mol. The van der Waals surface area contributed by atoms with E-state index < -0.39 is 0 Å². The number of rotatable bonds is 3. The van der Waals surface area contributed by atoms with Crippen molar-refractivity contribution in [3.63, 3.8) is 0 Å². The van der Waals surface area contributed by atoms with Gasteiger partial charge in [-0.05, 0) is 48.0 Å². The molecule has 102 valence electrons. The maximum Gasteiger partial charge on any atom is 0.192 e. The molecule has 3 aromatic rings. The number of ketones is 1. The van der Waals surface area contributed by atoms with Gasteiger partial charge < -0.3 is 4.57 Å². The molecule has 0 N–H and O–H groups in total. The zero-order chi connectivity index (χ0) is 14.3. The standard InChI is InChI=1S/C16H14BrNOS/c1-10-7-8-15(20-10)14(19)9-18-11(2)16(17)12-5-3-4-6-13(12)18/h3-8H,9H2,1-2H3. The number of nitrogens with zero attached hydrogens (tertiary/aromatic N) is 1. The molecule has 0 amide bonds. The molecular weight excluding hydrogens is 334 g/mol. The lowest BCUT2D eigenvalue weighted by molar-refractivity contribution is 0.0977. The van der Waals surface area contributed by atoms with Crippen molar-refractivity contribution in [1.82, 2.24) is 4.57 Å². The lowest BCUT2D eigenvalue weighted by atomic mass is 10.2. The lowest BCUT2D eigenvalue weighted by Crippen LogP contribution is -2.10. The third-order valence-electron chi connectivity index (χ3n) is 3.47. The van der Waals surface area contributed by atoms with Gasteiger partial charge in [-0.25, -0.2) is 0 Å². The summed E-state index contributed by atoms with van der Waals surface area (Å²) in [5, 5.41) is 1.15. The molecule has 0 aliphatic carbocycles. The molecule has 0 aliphatic rings. The summed E-state index contributed by atoms with van der Waals surface area (Å²) in [7, 11) is 0. The van der Waals surface area contributed by atoms with E-state index in [4.69, 9.17) is 0 Å². The van der Waals surface area contributed by atoms with Gasteiger partial charge in [0.1, 0.15) is 0 Å². The van der Waals surface area contributed by atoms with Gasteiger partial charge in [0.2, 0.25) is 0 Å². The quantitative estimate of drug-likeness (QED) is 0.613. The first-order valence-corrected chi connectivity index (χ1v) is 8.02. The SMILES string of the molecule is Cc1ccc(C(=O)Cn2c(C)c(Br)c3ccccc32)s1. The molecule has 0 fully saturated rings. The molecule has 3 rings (SSSR count). The topological polar surface area (TPSA) is 22.0 Å². The molecule has 0 radical (unpaired) electrons. The fraction of sp³-hybridized carbons (Fsp3) is 0.188. The molecule has 0 bridgehead atoms. The Bertz CT molecular complexity index is 800. The summed E-state index contributed by atoms with van der Waals surface area (Å²) >= 11 is 5.18. The van der Waals surface area contributed by atoms with E-state index in [1.54, 1.807) is 11.3 Å². The zero-order valence-corrected chi connectivity index (χ0v) is 13.7. The van der Waals surface area contributed by atoms with Crippen LogP contribution in [0.2, 0.25) is 0 Å². The van der Waals surface area contributed by atoms with E-state index in [-0.39, 0.29) is 5.78 Å². The van der Waals surface area contributed by atoms with Crippen LogP contribution in [0.4, 0.5) is 0 Å². The van der Waals surface area contributed by atoms with Gasteiger partial charge >= 0.3 is 0 Å². The largest absolute Gasteiger partial charge is 0.336 e. The van der Waals surface area contributed by atoms with Crippen LogP contribution in [0.1, 0.15) is 20.2 Å². The van der Waals surface area contributed by atoms with Gasteiger partial charge in [0, 0.05) is 25.9 Å². The molecule has 20 heavy (non-hydrogen) atoms. The van der Waals surface area contributed by atoms with Crippen LogP contribution in [-0.2, 0) is 6.54 Å². The number of thiophene rings is 1. The highest BCUT2D eigenvalue weighted by atomic mass is 79.9. The third kappa shape index (κ3) is 2.23. The molecule has 0 saturated carbocycles. The first kappa shape index (κ1) is 13.6. The van der Waals surface area contributed by atoms with E-state index in [9.17, 15) is 4.79 Å². The van der Waals surface area contributed by atoms with Crippen molar-refractivity contribution < 1.29 is 4.79 Å². The Hall–Kier alpha value is -1.39. The zero-order valence-electron chi connectivity index (χ0n) is 11.3. The van der Waals surface area contributed by atoms with Crippen molar-refractivity contribution in [2.75, 3.05) is 0 Å². The van der Waals surface area contributed by atoms with Gasteiger partial charge in [0.25, 0.3) is 0 Å². The Labute approximate surface area is 130 Å². The maximum absolute atomic E-state index is 12.4. The number of Topliss-reactive ketones (excluding diaryl/α,β-unsaturated/α-hetero) is 1. The van der Waals surface area contributed by atoms with Crippen LogP contribution in [0.25, 0.3) is 10.9 Å². The van der Waals surface area contributed by atoms with Crippen molar-refractivity contribution in [1.29, 1.82) is 0 Å². The first-order chi connectivity index (χ1) is 9.58. The summed E-state index contributed by atoms with van der Waals surface area (Å²) in [6.07, 6.45) is 0. The molecule has 2 nitrogen and oxygen atoms in total. The number of aryl methyl sites for hydroxylation is 1. The number of hydrogen-bond donors (Lipinski definition) is 0. The predicted octanol–water partition coefficient (Wildman–Crippen LogP) is 4.97. The van der Waals surface area contributed by atoms with Crippen LogP contribution in [0.5, 0.6) is 0 Å². The summed E-state index contributed by atoms with van der Waals surface area (Å²) in [6, 6.07) is 12.1. The number of carbonyl (C=O) groups excluding carboxylic acids is 1. The van der Waals surface area contributed by atoms with Gasteiger partial charge in [-0.3, -0.25) is 4.79 Å². The van der Waals surface area contributed by atoms with E-state index in [1.165, 1.54) is 4.88 Å². The maximum atomic E-state index is 12.4. The van der Waals surface area contributed by atoms with Gasteiger partial charge in [0.15, 0.2) is 5.78 Å². The summed E-state index contributed by atoms with van der Waals surface area (Å²) in [4.78, 5) is 14.4. The lowest BCUT2D eigenvalue weighted by Gasteiger charge is -2.06. The van der Waals surface area contributed by atoms with Crippen molar-refractivity contribution in [2.24, 2.45) is 0 Å². The van der Waals surface area contributed by atoms with Gasteiger partial charge in [0.05, 0.1) is 11.4 Å². The highest BCUT2D eigenvalue weighted by Crippen LogP contribution is 2.30. The fourth-order valence-corrected chi connectivity index (χ4v) is 3.75. The Morgan fingerprint density at radius 1 is 1.20 bits per heavy atom. The van der Waals surface area contributed by atoms with Crippen LogP contribution in [-0.4, -0.2) is 10.4 Å². The Morgan fingerprint density at radius 3 is 2.65 bits per heavy atom. The van der Waals surface area contributed by atoms with Gasteiger partial charge in [-0.15, -0.1) is 11.3 Å². The molecule has 1 aromatic carbocycles. The average molecular weight is 348 g/mol. The average Bonchev–Trinajstić information content (AvgIpc) is 2.98. The van der Waals surface area contributed by atoms with Crippen LogP contribution in [0.3, 0.4) is 0 Å². The number of para-hydroxylation sites is 1. The minimum atomic E-state index is 0.166. The van der Waals surface area contributed by atoms with Gasteiger partial charge in [-0.2, -0.15) is 0 Å². The van der Waals surface area contributed by atoms with E-state index in [2.05, 4.69) is 32.6 Å². The van der Waals surface area contributed by atoms with Crippen LogP contribution in [0, 0.1) is 13.8 Å². The van der Waals surface area contributed by atoms with E-state index in [0.29, 0.717) is 6.54 Å². The smallest absolute Gasteiger partial charge is 0.192 e. The molecule has 2 heterocycles. The Balaban J connectivity index is 2.03. The van der Waals surface area contributed by atoms with E-state index in [1.807, 2.05) is 38.1 Å². The third-order valence-corrected chi connectivity index (χ3v) is 5.51. The minimum Gasteiger partial charge on any atom is -0.336 e. The van der Waals surface area contributed by atoms with Crippen LogP contribution >= 0.6 is 27.3 Å². The number of halogens is 1. The highest BCUT2D eigenvalue weighted by Gasteiger charge is 2.15. The summed E-state index contributed by atoms with van der Waals surface area (Å²) in [5.41, 5.74) is 2.19. The second-order valence-corrected chi connectivity index (χ2v) is 6.92. The molecule has 0 aliphatic heterocycles. The summed E-state index contributed by atoms with van der Waals surface area (Å²) in [5.74, 6) is 0.166. The second-order valence-electron chi connectivity index (χ2n) is 4.84. The van der Waals surface area contributed by atoms with Crippen molar-refractivity contribution in [3.05, 3.63) is 56.3 Å². The molecule has 2 aromatic heterocycles. The second kappa shape index (κ2) is 5.19. The number of benzene rings is 1. The number of fused-ring (bicyclic) bond motifs is 1.